The molecule has 0 aromatic carbocycles. The lowest BCUT2D eigenvalue weighted by Gasteiger charge is -2.30. The average molecular weight is 384 g/mol. The SMILES string of the molecule is CC(=O)OC1C2CC3C1OC(=O)C3C2C(=O)OCC(F)(F)S(=O)(=O)O. The van der Waals surface area contributed by atoms with E-state index in [9.17, 15) is 31.6 Å². The van der Waals surface area contributed by atoms with E-state index in [4.69, 9.17) is 14.0 Å². The van der Waals surface area contributed by atoms with Gasteiger partial charge < -0.3 is 14.2 Å². The standard InChI is InChI=1S/C13H14F2O9S/c1-4(16)23-9-5-2-6-8(12(18)24-10(6)9)7(5)11(17)22-3-13(14,15)25(19,20)21/h5-10H,2-3H2,1H3,(H,19,20,21). The van der Waals surface area contributed by atoms with Gasteiger partial charge in [-0.05, 0) is 6.42 Å². The van der Waals surface area contributed by atoms with Crippen LogP contribution in [0, 0.1) is 23.7 Å². The summed E-state index contributed by atoms with van der Waals surface area (Å²) in [5, 5.41) is -4.67. The van der Waals surface area contributed by atoms with Crippen LogP contribution < -0.4 is 0 Å². The molecule has 1 N–H and O–H groups in total. The predicted molar refractivity (Wildman–Crippen MR) is 71.5 cm³/mol. The minimum Gasteiger partial charge on any atom is -0.458 e. The van der Waals surface area contributed by atoms with Gasteiger partial charge in [0, 0.05) is 18.8 Å². The van der Waals surface area contributed by atoms with Gasteiger partial charge in [-0.2, -0.15) is 17.2 Å². The fourth-order valence-corrected chi connectivity index (χ4v) is 4.19. The second-order valence-electron chi connectivity index (χ2n) is 6.31. The molecule has 2 saturated carbocycles. The maximum absolute atomic E-state index is 13.2. The molecule has 1 saturated heterocycles. The summed E-state index contributed by atoms with van der Waals surface area (Å²) in [5.41, 5.74) is 0. The fourth-order valence-electron chi connectivity index (χ4n) is 3.99. The van der Waals surface area contributed by atoms with E-state index in [1.165, 1.54) is 0 Å². The van der Waals surface area contributed by atoms with Crippen LogP contribution in [0.25, 0.3) is 0 Å². The first-order chi connectivity index (χ1) is 11.4. The van der Waals surface area contributed by atoms with E-state index in [1.807, 2.05) is 0 Å². The van der Waals surface area contributed by atoms with Gasteiger partial charge in [-0.15, -0.1) is 0 Å². The van der Waals surface area contributed by atoms with E-state index in [0.717, 1.165) is 6.92 Å². The highest BCUT2D eigenvalue weighted by atomic mass is 32.2. The Labute approximate surface area is 140 Å². The summed E-state index contributed by atoms with van der Waals surface area (Å²) in [6.07, 6.45) is -1.26. The van der Waals surface area contributed by atoms with E-state index in [0.29, 0.717) is 6.42 Å². The number of halogens is 2. The zero-order valence-electron chi connectivity index (χ0n) is 12.8. The van der Waals surface area contributed by atoms with Gasteiger partial charge in [-0.3, -0.25) is 18.9 Å². The summed E-state index contributed by atoms with van der Waals surface area (Å²) in [5.74, 6) is -5.73. The van der Waals surface area contributed by atoms with Gasteiger partial charge in [0.15, 0.2) is 6.61 Å². The molecule has 3 fully saturated rings. The lowest BCUT2D eigenvalue weighted by molar-refractivity contribution is -0.166. The van der Waals surface area contributed by atoms with E-state index in [2.05, 4.69) is 4.74 Å². The monoisotopic (exact) mass is 384 g/mol. The van der Waals surface area contributed by atoms with E-state index < -0.39 is 75.8 Å². The third-order valence-corrected chi connectivity index (χ3v) is 5.75. The highest BCUT2D eigenvalue weighted by Gasteiger charge is 2.70. The number of hydrogen-bond donors (Lipinski definition) is 1. The summed E-state index contributed by atoms with van der Waals surface area (Å²) in [4.78, 5) is 35.3. The highest BCUT2D eigenvalue weighted by Crippen LogP contribution is 2.59. The van der Waals surface area contributed by atoms with Crippen molar-refractivity contribution in [3.63, 3.8) is 0 Å². The summed E-state index contributed by atoms with van der Waals surface area (Å²) in [7, 11) is -5.75. The second kappa shape index (κ2) is 5.59. The molecule has 0 spiro atoms. The van der Waals surface area contributed by atoms with Crippen LogP contribution in [0.1, 0.15) is 13.3 Å². The summed E-state index contributed by atoms with van der Waals surface area (Å²) >= 11 is 0. The topological polar surface area (TPSA) is 133 Å². The predicted octanol–water partition coefficient (Wildman–Crippen LogP) is -0.251. The van der Waals surface area contributed by atoms with Crippen LogP contribution in [-0.4, -0.2) is 54.9 Å². The Balaban J connectivity index is 1.77. The first-order valence-electron chi connectivity index (χ1n) is 7.33. The van der Waals surface area contributed by atoms with Gasteiger partial charge in [0.05, 0.1) is 11.8 Å². The molecule has 1 heterocycles. The number of ether oxygens (including phenoxy) is 3. The Kier molecular flexibility index (Phi) is 4.02. The number of carbonyl (C=O) groups excluding carboxylic acids is 3. The van der Waals surface area contributed by atoms with Crippen molar-refractivity contribution in [2.24, 2.45) is 23.7 Å². The van der Waals surface area contributed by atoms with Crippen molar-refractivity contribution >= 4 is 28.0 Å². The smallest absolute Gasteiger partial charge is 0.402 e. The quantitative estimate of drug-likeness (QED) is 0.387. The van der Waals surface area contributed by atoms with Crippen LogP contribution in [0.3, 0.4) is 0 Å². The summed E-state index contributed by atoms with van der Waals surface area (Å²) < 4.78 is 70.5. The Bertz CT molecular complexity index is 734. The normalized spacial score (nSPS) is 36.2. The first kappa shape index (κ1) is 18.0. The van der Waals surface area contributed by atoms with Gasteiger partial charge in [-0.25, -0.2) is 0 Å². The van der Waals surface area contributed by atoms with E-state index in [1.54, 1.807) is 0 Å². The van der Waals surface area contributed by atoms with Crippen molar-refractivity contribution < 1.29 is 50.3 Å². The number of carbonyl (C=O) groups is 3. The molecule has 9 nitrogen and oxygen atoms in total. The maximum atomic E-state index is 13.2. The Morgan fingerprint density at radius 3 is 2.56 bits per heavy atom. The van der Waals surface area contributed by atoms with Crippen molar-refractivity contribution in [3.8, 4) is 0 Å². The molecule has 0 radical (unpaired) electrons. The van der Waals surface area contributed by atoms with Gasteiger partial charge in [-0.1, -0.05) is 0 Å². The third kappa shape index (κ3) is 2.76. The van der Waals surface area contributed by atoms with Gasteiger partial charge in [0.25, 0.3) is 0 Å². The van der Waals surface area contributed by atoms with E-state index >= 15 is 0 Å². The lowest BCUT2D eigenvalue weighted by Crippen LogP contribution is -2.44. The molecule has 2 bridgehead atoms. The number of hydrogen-bond acceptors (Lipinski definition) is 8. The van der Waals surface area contributed by atoms with E-state index in [-0.39, 0.29) is 0 Å². The van der Waals surface area contributed by atoms with Crippen LogP contribution in [0.2, 0.25) is 0 Å². The van der Waals surface area contributed by atoms with Crippen molar-refractivity contribution in [3.05, 3.63) is 0 Å². The summed E-state index contributed by atoms with van der Waals surface area (Å²) in [6, 6.07) is 0. The van der Waals surface area contributed by atoms with Gasteiger partial charge in [0.2, 0.25) is 0 Å². The van der Waals surface area contributed by atoms with Crippen LogP contribution >= 0.6 is 0 Å². The number of rotatable bonds is 5. The molecular formula is C13H14F2O9S. The molecule has 6 unspecified atom stereocenters. The van der Waals surface area contributed by atoms with Crippen LogP contribution in [0.5, 0.6) is 0 Å². The fraction of sp³-hybridized carbons (Fsp3) is 0.769. The third-order valence-electron chi connectivity index (χ3n) is 4.88. The number of alkyl halides is 2. The molecule has 0 amide bonds. The average Bonchev–Trinajstić information content (AvgIpc) is 3.06. The minimum atomic E-state index is -5.75. The Morgan fingerprint density at radius 2 is 2.00 bits per heavy atom. The molecule has 3 aliphatic rings. The molecule has 3 rings (SSSR count). The zero-order valence-corrected chi connectivity index (χ0v) is 13.6. The van der Waals surface area contributed by atoms with Gasteiger partial charge >= 0.3 is 33.3 Å². The molecule has 140 valence electrons. The van der Waals surface area contributed by atoms with Gasteiger partial charge in [0.1, 0.15) is 12.2 Å². The highest BCUT2D eigenvalue weighted by molar-refractivity contribution is 7.86. The number of esters is 3. The van der Waals surface area contributed by atoms with Crippen molar-refractivity contribution in [2.75, 3.05) is 6.61 Å². The molecule has 1 aliphatic heterocycles. The van der Waals surface area contributed by atoms with Crippen LogP contribution in [0.15, 0.2) is 0 Å². The number of fused-ring (bicyclic) bond motifs is 1. The molecule has 2 aliphatic carbocycles. The lowest BCUT2D eigenvalue weighted by atomic mass is 9.78. The Morgan fingerprint density at radius 1 is 1.36 bits per heavy atom. The van der Waals surface area contributed by atoms with Crippen molar-refractivity contribution in [2.45, 2.75) is 30.8 Å². The molecule has 25 heavy (non-hydrogen) atoms. The summed E-state index contributed by atoms with van der Waals surface area (Å²) in [6.45, 7) is -0.748. The first-order valence-corrected chi connectivity index (χ1v) is 8.77. The molecular weight excluding hydrogens is 370 g/mol. The molecule has 12 heteroatoms. The van der Waals surface area contributed by atoms with Crippen molar-refractivity contribution in [1.29, 1.82) is 0 Å². The largest absolute Gasteiger partial charge is 0.458 e. The maximum Gasteiger partial charge on any atom is 0.402 e. The zero-order chi connectivity index (χ0) is 18.7. The van der Waals surface area contributed by atoms with Crippen molar-refractivity contribution in [1.82, 2.24) is 0 Å². The molecule has 0 aromatic heterocycles. The Hall–Kier alpha value is -1.82. The molecule has 6 atom stereocenters. The van der Waals surface area contributed by atoms with Crippen LogP contribution in [0.4, 0.5) is 8.78 Å². The second-order valence-corrected chi connectivity index (χ2v) is 7.86. The van der Waals surface area contributed by atoms with Crippen LogP contribution in [-0.2, 0) is 38.7 Å². The molecule has 0 aromatic rings. The minimum absolute atomic E-state index is 0.313.